The summed E-state index contributed by atoms with van der Waals surface area (Å²) in [5.74, 6) is 0.0816. The Morgan fingerprint density at radius 2 is 1.78 bits per heavy atom. The fourth-order valence-corrected chi connectivity index (χ4v) is 4.58. The van der Waals surface area contributed by atoms with Crippen molar-refractivity contribution < 1.29 is 17.9 Å². The third-order valence-electron chi connectivity index (χ3n) is 4.26. The van der Waals surface area contributed by atoms with Gasteiger partial charge in [-0.1, -0.05) is 41.9 Å². The zero-order valence-corrected chi connectivity index (χ0v) is 16.3. The summed E-state index contributed by atoms with van der Waals surface area (Å²) < 4.78 is 33.1. The molecule has 0 spiro atoms. The molecule has 2 aromatic carbocycles. The van der Waals surface area contributed by atoms with Gasteiger partial charge in [0.15, 0.2) is 0 Å². The van der Waals surface area contributed by atoms with Gasteiger partial charge in [0.2, 0.25) is 5.91 Å². The summed E-state index contributed by atoms with van der Waals surface area (Å²) in [5, 5.41) is 3.20. The van der Waals surface area contributed by atoms with Crippen molar-refractivity contribution in [3.63, 3.8) is 0 Å². The van der Waals surface area contributed by atoms with Gasteiger partial charge >= 0.3 is 0 Å². The van der Waals surface area contributed by atoms with Crippen LogP contribution in [-0.4, -0.2) is 49.7 Å². The molecular weight excluding hydrogens is 390 g/mol. The molecule has 0 aromatic heterocycles. The highest BCUT2D eigenvalue weighted by Gasteiger charge is 2.37. The molecule has 27 heavy (non-hydrogen) atoms. The molecule has 0 radical (unpaired) electrons. The minimum absolute atomic E-state index is 0.173. The fraction of sp³-hybridized carbons (Fsp3) is 0.278. The first-order chi connectivity index (χ1) is 12.9. The third-order valence-corrected chi connectivity index (χ3v) is 6.55. The van der Waals surface area contributed by atoms with Crippen LogP contribution in [0.15, 0.2) is 48.5 Å². The Labute approximate surface area is 163 Å². The lowest BCUT2D eigenvalue weighted by Crippen LogP contribution is -2.37. The van der Waals surface area contributed by atoms with Crippen LogP contribution < -0.4 is 10.1 Å². The summed E-state index contributed by atoms with van der Waals surface area (Å²) >= 11 is 6.12. The maximum Gasteiger partial charge on any atom is 0.282 e. The molecule has 0 unspecified atom stereocenters. The number of nitrogens with one attached hydrogen (secondary N) is 1. The van der Waals surface area contributed by atoms with E-state index in [9.17, 15) is 13.2 Å². The average Bonchev–Trinajstić information content (AvgIpc) is 2.91. The molecule has 2 aromatic rings. The van der Waals surface area contributed by atoms with Gasteiger partial charge in [0.25, 0.3) is 10.2 Å². The second-order valence-corrected chi connectivity index (χ2v) is 8.35. The molecule has 1 N–H and O–H groups in total. The lowest BCUT2D eigenvalue weighted by Gasteiger charge is -2.19. The van der Waals surface area contributed by atoms with E-state index < -0.39 is 16.1 Å². The smallest absolute Gasteiger partial charge is 0.282 e. The summed E-state index contributed by atoms with van der Waals surface area (Å²) in [5.41, 5.74) is 1.22. The summed E-state index contributed by atoms with van der Waals surface area (Å²) in [6.45, 7) is 0.452. The number of amides is 1. The van der Waals surface area contributed by atoms with E-state index in [1.165, 1.54) is 11.4 Å². The molecule has 3 rings (SSSR count). The van der Waals surface area contributed by atoms with E-state index in [2.05, 4.69) is 5.32 Å². The van der Waals surface area contributed by atoms with Crippen LogP contribution in [0.25, 0.3) is 0 Å². The molecular formula is C18H20ClN3O4S. The number of hydrogen-bond acceptors (Lipinski definition) is 4. The third kappa shape index (κ3) is 4.41. The summed E-state index contributed by atoms with van der Waals surface area (Å²) in [7, 11) is -2.23. The SMILES string of the molecule is COc1ccccc1NC(=O)CN1CCN(Cc2ccccc2Cl)S1(=O)=O. The Kier molecular flexibility index (Phi) is 6.01. The van der Waals surface area contributed by atoms with E-state index >= 15 is 0 Å². The van der Waals surface area contributed by atoms with Gasteiger partial charge in [-0.3, -0.25) is 4.79 Å². The highest BCUT2D eigenvalue weighted by atomic mass is 35.5. The summed E-state index contributed by atoms with van der Waals surface area (Å²) in [4.78, 5) is 12.3. The van der Waals surface area contributed by atoms with Crippen molar-refractivity contribution in [2.24, 2.45) is 0 Å². The van der Waals surface area contributed by atoms with Crippen LogP contribution in [-0.2, 0) is 21.5 Å². The van der Waals surface area contributed by atoms with Gasteiger partial charge in [0.1, 0.15) is 5.75 Å². The lowest BCUT2D eigenvalue weighted by atomic mass is 10.2. The number of nitrogens with zero attached hydrogens (tertiary/aromatic N) is 2. The van der Waals surface area contributed by atoms with Crippen molar-refractivity contribution >= 4 is 33.4 Å². The molecule has 1 heterocycles. The van der Waals surface area contributed by atoms with Gasteiger partial charge in [0.05, 0.1) is 19.3 Å². The van der Waals surface area contributed by atoms with Gasteiger partial charge in [0, 0.05) is 24.7 Å². The monoisotopic (exact) mass is 409 g/mol. The average molecular weight is 410 g/mol. The van der Waals surface area contributed by atoms with Gasteiger partial charge < -0.3 is 10.1 Å². The zero-order chi connectivity index (χ0) is 19.4. The van der Waals surface area contributed by atoms with E-state index in [0.29, 0.717) is 23.0 Å². The number of carbonyl (C=O) groups excluding carboxylic acids is 1. The number of carbonyl (C=O) groups is 1. The Bertz CT molecular complexity index is 936. The largest absolute Gasteiger partial charge is 0.495 e. The molecule has 1 aliphatic heterocycles. The molecule has 0 saturated carbocycles. The van der Waals surface area contributed by atoms with Crippen LogP contribution in [0.4, 0.5) is 5.69 Å². The van der Waals surface area contributed by atoms with Gasteiger partial charge in [-0.25, -0.2) is 0 Å². The predicted molar refractivity (Wildman–Crippen MR) is 104 cm³/mol. The molecule has 0 aliphatic carbocycles. The number of para-hydroxylation sites is 2. The highest BCUT2D eigenvalue weighted by Crippen LogP contribution is 2.25. The Hall–Kier alpha value is -2.13. The van der Waals surface area contributed by atoms with Gasteiger partial charge in [-0.05, 0) is 23.8 Å². The Morgan fingerprint density at radius 3 is 2.52 bits per heavy atom. The molecule has 1 aliphatic rings. The van der Waals surface area contributed by atoms with E-state index in [0.717, 1.165) is 9.87 Å². The van der Waals surface area contributed by atoms with Crippen molar-refractivity contribution in [1.29, 1.82) is 0 Å². The zero-order valence-electron chi connectivity index (χ0n) is 14.8. The molecule has 7 nitrogen and oxygen atoms in total. The molecule has 1 fully saturated rings. The minimum atomic E-state index is -3.73. The second kappa shape index (κ2) is 8.26. The lowest BCUT2D eigenvalue weighted by molar-refractivity contribution is -0.116. The van der Waals surface area contributed by atoms with Crippen LogP contribution in [0.5, 0.6) is 5.75 Å². The topological polar surface area (TPSA) is 79.0 Å². The van der Waals surface area contributed by atoms with Gasteiger partial charge in [-0.15, -0.1) is 0 Å². The van der Waals surface area contributed by atoms with Crippen LogP contribution in [0, 0.1) is 0 Å². The second-order valence-electron chi connectivity index (χ2n) is 6.01. The molecule has 9 heteroatoms. The molecule has 0 atom stereocenters. The van der Waals surface area contributed by atoms with Crippen LogP contribution in [0.3, 0.4) is 0 Å². The standard InChI is InChI=1S/C18H20ClN3O4S/c1-26-17-9-5-4-8-16(17)20-18(23)13-22-11-10-21(27(22,24)25)12-14-6-2-3-7-15(14)19/h2-9H,10-13H2,1H3,(H,20,23). The Balaban J connectivity index is 1.66. The van der Waals surface area contributed by atoms with Crippen LogP contribution >= 0.6 is 11.6 Å². The van der Waals surface area contributed by atoms with Crippen molar-refractivity contribution in [3.8, 4) is 5.75 Å². The van der Waals surface area contributed by atoms with Crippen molar-refractivity contribution in [3.05, 3.63) is 59.1 Å². The van der Waals surface area contributed by atoms with Crippen molar-refractivity contribution in [2.75, 3.05) is 32.1 Å². The van der Waals surface area contributed by atoms with E-state index in [-0.39, 0.29) is 19.6 Å². The number of anilines is 1. The Morgan fingerprint density at radius 1 is 1.11 bits per heavy atom. The first kappa shape index (κ1) is 19.6. The molecule has 1 amide bonds. The van der Waals surface area contributed by atoms with Gasteiger partial charge in [-0.2, -0.15) is 17.0 Å². The van der Waals surface area contributed by atoms with E-state index in [4.69, 9.17) is 16.3 Å². The number of halogens is 1. The normalized spacial score (nSPS) is 17.0. The van der Waals surface area contributed by atoms with Crippen LogP contribution in [0.1, 0.15) is 5.56 Å². The first-order valence-corrected chi connectivity index (χ1v) is 10.1. The number of methoxy groups -OCH3 is 1. The van der Waals surface area contributed by atoms with Crippen LogP contribution in [0.2, 0.25) is 5.02 Å². The molecule has 144 valence electrons. The number of benzene rings is 2. The van der Waals surface area contributed by atoms with E-state index in [1.54, 1.807) is 42.5 Å². The van der Waals surface area contributed by atoms with Crippen molar-refractivity contribution in [2.45, 2.75) is 6.54 Å². The maximum atomic E-state index is 12.7. The fourth-order valence-electron chi connectivity index (χ4n) is 2.85. The number of ether oxygens (including phenoxy) is 1. The van der Waals surface area contributed by atoms with E-state index in [1.807, 2.05) is 6.07 Å². The molecule has 0 bridgehead atoms. The summed E-state index contributed by atoms with van der Waals surface area (Å²) in [6, 6.07) is 14.1. The number of hydrogen-bond donors (Lipinski definition) is 1. The quantitative estimate of drug-likeness (QED) is 0.794. The minimum Gasteiger partial charge on any atom is -0.495 e. The molecule has 1 saturated heterocycles. The summed E-state index contributed by atoms with van der Waals surface area (Å²) in [6.07, 6.45) is 0. The first-order valence-electron chi connectivity index (χ1n) is 8.33. The van der Waals surface area contributed by atoms with Crippen molar-refractivity contribution in [1.82, 2.24) is 8.61 Å². The number of rotatable bonds is 6. The maximum absolute atomic E-state index is 12.7. The highest BCUT2D eigenvalue weighted by molar-refractivity contribution is 7.87. The predicted octanol–water partition coefficient (Wildman–Crippen LogP) is 2.35.